The number of sulfone groups is 1. The predicted octanol–water partition coefficient (Wildman–Crippen LogP) is 1.83. The van der Waals surface area contributed by atoms with Gasteiger partial charge in [0.25, 0.3) is 0 Å². The maximum atomic E-state index is 12.9. The molecule has 4 nitrogen and oxygen atoms in total. The summed E-state index contributed by atoms with van der Waals surface area (Å²) >= 11 is 5.66. The molecule has 7 heteroatoms. The molecule has 0 aliphatic heterocycles. The van der Waals surface area contributed by atoms with Crippen LogP contribution in [-0.2, 0) is 9.84 Å². The molecule has 2 aromatic rings. The molecule has 0 amide bonds. The first-order valence-corrected chi connectivity index (χ1v) is 6.48. The lowest BCUT2D eigenvalue weighted by atomic mass is 10.3. The van der Waals surface area contributed by atoms with Crippen molar-refractivity contribution >= 4 is 32.5 Å². The van der Waals surface area contributed by atoms with Crippen LogP contribution >= 0.6 is 11.6 Å². The molecule has 1 aromatic heterocycles. The summed E-state index contributed by atoms with van der Waals surface area (Å²) in [5.41, 5.74) is 0.503. The van der Waals surface area contributed by atoms with Crippen molar-refractivity contribution in [3.8, 4) is 0 Å². The lowest BCUT2D eigenvalue weighted by molar-refractivity contribution is 0.598. The zero-order valence-corrected chi connectivity index (χ0v) is 9.68. The summed E-state index contributed by atoms with van der Waals surface area (Å²) in [7, 11) is -3.53. The third kappa shape index (κ3) is 1.98. The molecule has 0 N–H and O–H groups in total. The van der Waals surface area contributed by atoms with Crippen molar-refractivity contribution in [2.75, 3.05) is 6.26 Å². The average Bonchev–Trinajstić information content (AvgIpc) is 2.14. The normalized spacial score (nSPS) is 11.9. The van der Waals surface area contributed by atoms with E-state index >= 15 is 0 Å². The molecule has 0 bridgehead atoms. The highest BCUT2D eigenvalue weighted by Gasteiger charge is 2.16. The van der Waals surface area contributed by atoms with Crippen LogP contribution in [0.4, 0.5) is 4.39 Å². The molecule has 0 saturated heterocycles. The van der Waals surface area contributed by atoms with Crippen LogP contribution in [0.3, 0.4) is 0 Å². The van der Waals surface area contributed by atoms with Crippen molar-refractivity contribution in [3.05, 3.63) is 29.2 Å². The van der Waals surface area contributed by atoms with Gasteiger partial charge in [-0.15, -0.1) is 0 Å². The van der Waals surface area contributed by atoms with Crippen LogP contribution in [0.1, 0.15) is 0 Å². The Kier molecular flexibility index (Phi) is 2.55. The van der Waals surface area contributed by atoms with E-state index in [1.54, 1.807) is 0 Å². The molecule has 0 aliphatic rings. The van der Waals surface area contributed by atoms with E-state index in [4.69, 9.17) is 11.6 Å². The van der Waals surface area contributed by atoms with Gasteiger partial charge in [-0.2, -0.15) is 0 Å². The number of nitrogens with zero attached hydrogens (tertiary/aromatic N) is 2. The molecule has 0 saturated carbocycles. The van der Waals surface area contributed by atoms with Crippen molar-refractivity contribution < 1.29 is 12.8 Å². The van der Waals surface area contributed by atoms with Gasteiger partial charge in [-0.25, -0.2) is 22.8 Å². The van der Waals surface area contributed by atoms with E-state index in [0.717, 1.165) is 12.3 Å². The van der Waals surface area contributed by atoms with Gasteiger partial charge in [-0.3, -0.25) is 0 Å². The van der Waals surface area contributed by atoms with E-state index in [2.05, 4.69) is 9.97 Å². The van der Waals surface area contributed by atoms with Crippen LogP contribution in [0.25, 0.3) is 11.0 Å². The SMILES string of the molecule is CS(=O)(=O)c1nc2ccc(F)cc2nc1Cl. The van der Waals surface area contributed by atoms with Crippen molar-refractivity contribution in [1.82, 2.24) is 9.97 Å². The fourth-order valence-electron chi connectivity index (χ4n) is 1.23. The van der Waals surface area contributed by atoms with Crippen molar-refractivity contribution in [3.63, 3.8) is 0 Å². The van der Waals surface area contributed by atoms with E-state index in [9.17, 15) is 12.8 Å². The summed E-state index contributed by atoms with van der Waals surface area (Å²) in [6.45, 7) is 0. The van der Waals surface area contributed by atoms with Crippen molar-refractivity contribution in [2.45, 2.75) is 5.03 Å². The predicted molar refractivity (Wildman–Crippen MR) is 57.6 cm³/mol. The molecular weight excluding hydrogens is 255 g/mol. The second-order valence-corrected chi connectivity index (χ2v) is 5.51. The Bertz CT molecular complexity index is 673. The van der Waals surface area contributed by atoms with E-state index in [1.807, 2.05) is 0 Å². The van der Waals surface area contributed by atoms with Gasteiger partial charge in [0.2, 0.25) is 0 Å². The third-order valence-corrected chi connectivity index (χ3v) is 3.27. The smallest absolute Gasteiger partial charge is 0.195 e. The fourth-order valence-corrected chi connectivity index (χ4v) is 2.40. The molecule has 1 heterocycles. The van der Waals surface area contributed by atoms with Crippen molar-refractivity contribution in [1.29, 1.82) is 0 Å². The first-order chi connectivity index (χ1) is 7.38. The number of aromatic nitrogens is 2. The summed E-state index contributed by atoms with van der Waals surface area (Å²) < 4.78 is 35.5. The van der Waals surface area contributed by atoms with Crippen LogP contribution < -0.4 is 0 Å². The van der Waals surface area contributed by atoms with Gasteiger partial charge >= 0.3 is 0 Å². The van der Waals surface area contributed by atoms with Gasteiger partial charge in [0.15, 0.2) is 20.0 Å². The lowest BCUT2D eigenvalue weighted by Gasteiger charge is -2.02. The van der Waals surface area contributed by atoms with Gasteiger partial charge in [0.1, 0.15) is 5.82 Å². The van der Waals surface area contributed by atoms with Gasteiger partial charge < -0.3 is 0 Å². The molecule has 0 fully saturated rings. The zero-order chi connectivity index (χ0) is 11.9. The maximum Gasteiger partial charge on any atom is 0.195 e. The van der Waals surface area contributed by atoms with E-state index in [0.29, 0.717) is 0 Å². The Labute approximate surface area is 96.0 Å². The number of benzene rings is 1. The molecular formula is C9H6ClFN2O2S. The largest absolute Gasteiger partial charge is 0.232 e. The number of fused-ring (bicyclic) bond motifs is 1. The Hall–Kier alpha value is -1.27. The van der Waals surface area contributed by atoms with Gasteiger partial charge in [-0.05, 0) is 12.1 Å². The molecule has 84 valence electrons. The van der Waals surface area contributed by atoms with Crippen LogP contribution in [0.5, 0.6) is 0 Å². The first-order valence-electron chi connectivity index (χ1n) is 4.21. The maximum absolute atomic E-state index is 12.9. The highest BCUT2D eigenvalue weighted by Crippen LogP contribution is 2.21. The molecule has 0 atom stereocenters. The summed E-state index contributed by atoms with van der Waals surface area (Å²) in [6.07, 6.45) is 0.984. The molecule has 0 radical (unpaired) electrons. The monoisotopic (exact) mass is 260 g/mol. The molecule has 0 spiro atoms. The van der Waals surface area contributed by atoms with Gasteiger partial charge in [0, 0.05) is 12.3 Å². The summed E-state index contributed by atoms with van der Waals surface area (Å²) in [4.78, 5) is 7.62. The molecule has 1 aromatic carbocycles. The van der Waals surface area contributed by atoms with E-state index in [1.165, 1.54) is 12.1 Å². The Morgan fingerprint density at radius 1 is 1.25 bits per heavy atom. The topological polar surface area (TPSA) is 59.9 Å². The fraction of sp³-hybridized carbons (Fsp3) is 0.111. The van der Waals surface area contributed by atoms with Crippen molar-refractivity contribution in [2.24, 2.45) is 0 Å². The second-order valence-electron chi connectivity index (χ2n) is 3.22. The summed E-state index contributed by atoms with van der Waals surface area (Å²) in [5.74, 6) is -0.482. The average molecular weight is 261 g/mol. The third-order valence-electron chi connectivity index (χ3n) is 1.91. The minimum atomic E-state index is -3.53. The van der Waals surface area contributed by atoms with Crippen LogP contribution in [0, 0.1) is 5.82 Å². The summed E-state index contributed by atoms with van der Waals surface area (Å²) in [6, 6.07) is 3.67. The Morgan fingerprint density at radius 2 is 1.94 bits per heavy atom. The quantitative estimate of drug-likeness (QED) is 0.785. The number of hydrogen-bond donors (Lipinski definition) is 0. The number of halogens is 2. The molecule has 0 aliphatic carbocycles. The van der Waals surface area contributed by atoms with Crippen LogP contribution in [0.15, 0.2) is 23.2 Å². The van der Waals surface area contributed by atoms with E-state index in [-0.39, 0.29) is 21.2 Å². The molecule has 2 rings (SSSR count). The first kappa shape index (κ1) is 11.2. The Balaban J connectivity index is 2.83. The number of rotatable bonds is 1. The van der Waals surface area contributed by atoms with Gasteiger partial charge in [0.05, 0.1) is 11.0 Å². The van der Waals surface area contributed by atoms with Crippen LogP contribution in [0.2, 0.25) is 5.15 Å². The van der Waals surface area contributed by atoms with Crippen LogP contribution in [-0.4, -0.2) is 24.6 Å². The minimum Gasteiger partial charge on any atom is -0.232 e. The lowest BCUT2D eigenvalue weighted by Crippen LogP contribution is -2.03. The summed E-state index contributed by atoms with van der Waals surface area (Å²) in [5, 5.41) is -0.547. The minimum absolute atomic E-state index is 0.220. The standard InChI is InChI=1S/C9H6ClFN2O2S/c1-16(14,15)9-8(10)12-7-4-5(11)2-3-6(7)13-9/h2-4H,1H3. The molecule has 16 heavy (non-hydrogen) atoms. The van der Waals surface area contributed by atoms with E-state index < -0.39 is 15.7 Å². The number of hydrogen-bond acceptors (Lipinski definition) is 4. The highest BCUT2D eigenvalue weighted by atomic mass is 35.5. The van der Waals surface area contributed by atoms with Gasteiger partial charge in [-0.1, -0.05) is 11.6 Å². The zero-order valence-electron chi connectivity index (χ0n) is 8.11. The highest BCUT2D eigenvalue weighted by molar-refractivity contribution is 7.90. The Morgan fingerprint density at radius 3 is 2.56 bits per heavy atom. The molecule has 0 unspecified atom stereocenters. The second kappa shape index (κ2) is 3.64.